The molecule has 0 aromatic carbocycles. The van der Waals surface area contributed by atoms with Gasteiger partial charge in [-0.1, -0.05) is 0 Å². The summed E-state index contributed by atoms with van der Waals surface area (Å²) in [5.74, 6) is 1.07. The fourth-order valence-corrected chi connectivity index (χ4v) is 3.77. The number of rotatable bonds is 3. The monoisotopic (exact) mass is 276 g/mol. The van der Waals surface area contributed by atoms with Crippen molar-refractivity contribution in [2.24, 2.45) is 0 Å². The topological polar surface area (TPSA) is 41.1 Å². The molecule has 0 bridgehead atoms. The van der Waals surface area contributed by atoms with Gasteiger partial charge in [0.15, 0.2) is 0 Å². The lowest BCUT2D eigenvalue weighted by molar-refractivity contribution is 0.598. The van der Waals surface area contributed by atoms with E-state index >= 15 is 0 Å². The molecule has 4 nitrogen and oxygen atoms in total. The van der Waals surface area contributed by atoms with Crippen molar-refractivity contribution in [3.63, 3.8) is 0 Å². The van der Waals surface area contributed by atoms with Crippen molar-refractivity contribution in [2.75, 3.05) is 25.0 Å². The van der Waals surface area contributed by atoms with Crippen molar-refractivity contribution >= 4 is 27.4 Å². The van der Waals surface area contributed by atoms with Crippen LogP contribution in [0.5, 0.6) is 0 Å². The molecule has 5 heteroatoms. The van der Waals surface area contributed by atoms with Crippen molar-refractivity contribution in [2.45, 2.75) is 32.7 Å². The van der Waals surface area contributed by atoms with E-state index in [0.29, 0.717) is 6.04 Å². The summed E-state index contributed by atoms with van der Waals surface area (Å²) in [4.78, 5) is 13.6. The number of anilines is 1. The first kappa shape index (κ1) is 12.8. The SMILES string of the molecule is Cc1sc2ncnc(N(C)CC3CCCN3)c2c1C. The number of aromatic nitrogens is 2. The highest BCUT2D eigenvalue weighted by Crippen LogP contribution is 2.33. The predicted octanol–water partition coefficient (Wildman–Crippen LogP) is 2.50. The van der Waals surface area contributed by atoms with Gasteiger partial charge in [0, 0.05) is 24.5 Å². The van der Waals surface area contributed by atoms with Gasteiger partial charge >= 0.3 is 0 Å². The third-order valence-corrected chi connectivity index (χ3v) is 5.08. The molecule has 19 heavy (non-hydrogen) atoms. The van der Waals surface area contributed by atoms with Crippen LogP contribution >= 0.6 is 11.3 Å². The fourth-order valence-electron chi connectivity index (χ4n) is 2.78. The van der Waals surface area contributed by atoms with Crippen LogP contribution in [-0.4, -0.2) is 36.1 Å². The van der Waals surface area contributed by atoms with Crippen molar-refractivity contribution in [1.29, 1.82) is 0 Å². The molecule has 1 aliphatic heterocycles. The van der Waals surface area contributed by atoms with Crippen molar-refractivity contribution in [1.82, 2.24) is 15.3 Å². The molecule has 0 spiro atoms. The van der Waals surface area contributed by atoms with Crippen LogP contribution in [0, 0.1) is 13.8 Å². The van der Waals surface area contributed by atoms with Gasteiger partial charge < -0.3 is 10.2 Å². The van der Waals surface area contributed by atoms with Crippen LogP contribution in [0.1, 0.15) is 23.3 Å². The van der Waals surface area contributed by atoms with Crippen LogP contribution in [-0.2, 0) is 0 Å². The molecule has 3 heterocycles. The highest BCUT2D eigenvalue weighted by Gasteiger charge is 2.19. The summed E-state index contributed by atoms with van der Waals surface area (Å²) in [5, 5.41) is 4.77. The summed E-state index contributed by atoms with van der Waals surface area (Å²) in [7, 11) is 2.13. The van der Waals surface area contributed by atoms with Crippen LogP contribution in [0.15, 0.2) is 6.33 Å². The van der Waals surface area contributed by atoms with E-state index in [0.717, 1.165) is 23.7 Å². The first-order chi connectivity index (χ1) is 9.16. The van der Waals surface area contributed by atoms with Gasteiger partial charge in [0.2, 0.25) is 0 Å². The van der Waals surface area contributed by atoms with Gasteiger partial charge in [-0.15, -0.1) is 11.3 Å². The minimum absolute atomic E-state index is 0.593. The predicted molar refractivity (Wildman–Crippen MR) is 81.2 cm³/mol. The van der Waals surface area contributed by atoms with Gasteiger partial charge in [0.25, 0.3) is 0 Å². The fraction of sp³-hybridized carbons (Fsp3) is 0.571. The van der Waals surface area contributed by atoms with Crippen LogP contribution < -0.4 is 10.2 Å². The Morgan fingerprint density at radius 3 is 3.00 bits per heavy atom. The Bertz CT molecular complexity index is 586. The number of hydrogen-bond acceptors (Lipinski definition) is 5. The van der Waals surface area contributed by atoms with Gasteiger partial charge in [0.05, 0.1) is 5.39 Å². The lowest BCUT2D eigenvalue weighted by atomic mass is 10.2. The molecule has 0 amide bonds. The molecule has 1 saturated heterocycles. The number of aryl methyl sites for hydroxylation is 2. The summed E-state index contributed by atoms with van der Waals surface area (Å²) in [6.45, 7) is 6.49. The molecule has 2 aromatic rings. The smallest absolute Gasteiger partial charge is 0.140 e. The molecule has 2 aromatic heterocycles. The summed E-state index contributed by atoms with van der Waals surface area (Å²) in [6, 6.07) is 0.593. The third kappa shape index (κ3) is 2.32. The highest BCUT2D eigenvalue weighted by atomic mass is 32.1. The lowest BCUT2D eigenvalue weighted by Gasteiger charge is -2.23. The quantitative estimate of drug-likeness (QED) is 0.935. The molecule has 1 N–H and O–H groups in total. The number of thiophene rings is 1. The summed E-state index contributed by atoms with van der Waals surface area (Å²) >= 11 is 1.76. The first-order valence-corrected chi connectivity index (χ1v) is 7.63. The molecule has 1 atom stereocenters. The van der Waals surface area contributed by atoms with E-state index < -0.39 is 0 Å². The molecule has 102 valence electrons. The van der Waals surface area contributed by atoms with Crippen LogP contribution in [0.3, 0.4) is 0 Å². The number of nitrogens with one attached hydrogen (secondary N) is 1. The summed E-state index contributed by atoms with van der Waals surface area (Å²) in [5.41, 5.74) is 1.32. The Morgan fingerprint density at radius 1 is 1.42 bits per heavy atom. The van der Waals surface area contributed by atoms with E-state index in [1.165, 1.54) is 28.7 Å². The number of hydrogen-bond donors (Lipinski definition) is 1. The minimum atomic E-state index is 0.593. The first-order valence-electron chi connectivity index (χ1n) is 6.82. The molecular formula is C14H20N4S. The Labute approximate surface area is 117 Å². The molecule has 1 aliphatic rings. The number of fused-ring (bicyclic) bond motifs is 1. The average molecular weight is 276 g/mol. The molecule has 0 radical (unpaired) electrons. The molecule has 0 saturated carbocycles. The van der Waals surface area contributed by atoms with E-state index in [1.54, 1.807) is 17.7 Å². The maximum atomic E-state index is 4.52. The van der Waals surface area contributed by atoms with Gasteiger partial charge in [-0.05, 0) is 38.8 Å². The zero-order valence-corrected chi connectivity index (χ0v) is 12.5. The average Bonchev–Trinajstić information content (AvgIpc) is 2.99. The zero-order chi connectivity index (χ0) is 13.4. The van der Waals surface area contributed by atoms with Crippen LogP contribution in [0.2, 0.25) is 0 Å². The van der Waals surface area contributed by atoms with Crippen molar-refractivity contribution in [3.8, 4) is 0 Å². The zero-order valence-electron chi connectivity index (χ0n) is 11.7. The van der Waals surface area contributed by atoms with E-state index in [-0.39, 0.29) is 0 Å². The molecule has 3 rings (SSSR count). The van der Waals surface area contributed by atoms with E-state index in [4.69, 9.17) is 0 Å². The molecule has 1 unspecified atom stereocenters. The summed E-state index contributed by atoms with van der Waals surface area (Å²) < 4.78 is 0. The maximum absolute atomic E-state index is 4.52. The number of nitrogens with zero attached hydrogens (tertiary/aromatic N) is 3. The Morgan fingerprint density at radius 2 is 2.26 bits per heavy atom. The lowest BCUT2D eigenvalue weighted by Crippen LogP contribution is -2.35. The number of likely N-dealkylation sites (N-methyl/N-ethyl adjacent to an activating group) is 1. The van der Waals surface area contributed by atoms with Crippen molar-refractivity contribution < 1.29 is 0 Å². The highest BCUT2D eigenvalue weighted by molar-refractivity contribution is 7.18. The second-order valence-corrected chi connectivity index (χ2v) is 6.54. The molecular weight excluding hydrogens is 256 g/mol. The minimum Gasteiger partial charge on any atom is -0.357 e. The summed E-state index contributed by atoms with van der Waals surface area (Å²) in [6.07, 6.45) is 4.24. The molecule has 0 aliphatic carbocycles. The van der Waals surface area contributed by atoms with Gasteiger partial charge in [-0.25, -0.2) is 9.97 Å². The van der Waals surface area contributed by atoms with Crippen LogP contribution in [0.25, 0.3) is 10.2 Å². The Balaban J connectivity index is 1.94. The van der Waals surface area contributed by atoms with Gasteiger partial charge in [-0.2, -0.15) is 0 Å². The van der Waals surface area contributed by atoms with E-state index in [1.807, 2.05) is 0 Å². The van der Waals surface area contributed by atoms with Gasteiger partial charge in [-0.3, -0.25) is 0 Å². The van der Waals surface area contributed by atoms with E-state index in [9.17, 15) is 0 Å². The second kappa shape index (κ2) is 5.06. The Hall–Kier alpha value is -1.20. The largest absolute Gasteiger partial charge is 0.357 e. The second-order valence-electron chi connectivity index (χ2n) is 5.33. The third-order valence-electron chi connectivity index (χ3n) is 3.96. The van der Waals surface area contributed by atoms with Gasteiger partial charge in [0.1, 0.15) is 17.0 Å². The Kier molecular flexibility index (Phi) is 3.41. The van der Waals surface area contributed by atoms with Crippen molar-refractivity contribution in [3.05, 3.63) is 16.8 Å². The normalized spacial score (nSPS) is 19.2. The maximum Gasteiger partial charge on any atom is 0.140 e. The van der Waals surface area contributed by atoms with E-state index in [2.05, 4.69) is 41.1 Å². The molecule has 1 fully saturated rings. The van der Waals surface area contributed by atoms with Crippen LogP contribution in [0.4, 0.5) is 5.82 Å². The standard InChI is InChI=1S/C14H20N4S/c1-9-10(2)19-14-12(9)13(16-8-17-14)18(3)7-11-5-4-6-15-11/h8,11,15H,4-7H2,1-3H3.